The molecule has 3 fully saturated rings. The quantitative estimate of drug-likeness (QED) is 0.850. The summed E-state index contributed by atoms with van der Waals surface area (Å²) in [7, 11) is 0. The van der Waals surface area contributed by atoms with Crippen molar-refractivity contribution < 1.29 is 0 Å². The van der Waals surface area contributed by atoms with Gasteiger partial charge in [0.05, 0.1) is 0 Å². The van der Waals surface area contributed by atoms with Crippen molar-refractivity contribution in [2.24, 2.45) is 23.5 Å². The van der Waals surface area contributed by atoms with Crippen molar-refractivity contribution in [2.75, 3.05) is 0 Å². The molecule has 96 valence electrons. The monoisotopic (exact) mass is 241 g/mol. The van der Waals surface area contributed by atoms with Crippen LogP contribution in [0, 0.1) is 17.8 Å². The summed E-state index contributed by atoms with van der Waals surface area (Å²) >= 11 is 0. The van der Waals surface area contributed by atoms with Crippen molar-refractivity contribution >= 4 is 0 Å². The highest BCUT2D eigenvalue weighted by Crippen LogP contribution is 2.61. The average Bonchev–Trinajstić information content (AvgIpc) is 2.80. The maximum Gasteiger partial charge on any atom is 0.0329 e. The maximum absolute atomic E-state index is 6.46. The van der Waals surface area contributed by atoms with E-state index in [0.29, 0.717) is 6.04 Å². The molecule has 1 aromatic carbocycles. The Balaban J connectivity index is 1.47. The van der Waals surface area contributed by atoms with E-state index in [1.165, 1.54) is 49.7 Å². The van der Waals surface area contributed by atoms with Crippen LogP contribution in [0.1, 0.15) is 61.6 Å². The molecule has 3 aliphatic carbocycles. The van der Waals surface area contributed by atoms with Crippen LogP contribution in [0.4, 0.5) is 0 Å². The predicted octanol–water partition coefficient (Wildman–Crippen LogP) is 4.00. The third kappa shape index (κ3) is 1.64. The Labute approximate surface area is 110 Å². The summed E-state index contributed by atoms with van der Waals surface area (Å²) in [5.41, 5.74) is 9.37. The lowest BCUT2D eigenvalue weighted by atomic mass is 9.79. The van der Waals surface area contributed by atoms with Crippen molar-refractivity contribution in [1.29, 1.82) is 0 Å². The highest BCUT2D eigenvalue weighted by molar-refractivity contribution is 5.30. The van der Waals surface area contributed by atoms with Crippen molar-refractivity contribution in [1.82, 2.24) is 0 Å². The van der Waals surface area contributed by atoms with E-state index in [4.69, 9.17) is 5.73 Å². The fourth-order valence-corrected chi connectivity index (χ4v) is 4.36. The van der Waals surface area contributed by atoms with Gasteiger partial charge in [-0.2, -0.15) is 0 Å². The molecular weight excluding hydrogens is 218 g/mol. The normalized spacial score (nSPS) is 35.9. The van der Waals surface area contributed by atoms with E-state index < -0.39 is 0 Å². The minimum Gasteiger partial charge on any atom is -0.324 e. The second-order valence-electron chi connectivity index (χ2n) is 6.66. The predicted molar refractivity (Wildman–Crippen MR) is 74.3 cm³/mol. The summed E-state index contributed by atoms with van der Waals surface area (Å²) in [6.45, 7) is 0. The fraction of sp³-hybridized carbons (Fsp3) is 0.647. The van der Waals surface area contributed by atoms with Gasteiger partial charge >= 0.3 is 0 Å². The minimum atomic E-state index is 0.302. The molecule has 0 aromatic heterocycles. The second-order valence-corrected chi connectivity index (χ2v) is 6.66. The van der Waals surface area contributed by atoms with Crippen LogP contribution in [0.25, 0.3) is 0 Å². The van der Waals surface area contributed by atoms with E-state index in [2.05, 4.69) is 24.3 Å². The summed E-state index contributed by atoms with van der Waals surface area (Å²) < 4.78 is 0. The van der Waals surface area contributed by atoms with E-state index in [9.17, 15) is 0 Å². The van der Waals surface area contributed by atoms with Gasteiger partial charge in [-0.1, -0.05) is 37.1 Å². The van der Waals surface area contributed by atoms with Crippen LogP contribution in [0.15, 0.2) is 24.3 Å². The lowest BCUT2D eigenvalue weighted by molar-refractivity contribution is 0.419. The van der Waals surface area contributed by atoms with Gasteiger partial charge in [-0.15, -0.1) is 0 Å². The van der Waals surface area contributed by atoms with Gasteiger partial charge in [0.2, 0.25) is 0 Å². The van der Waals surface area contributed by atoms with E-state index in [0.717, 1.165) is 23.7 Å². The van der Waals surface area contributed by atoms with Gasteiger partial charge in [-0.3, -0.25) is 0 Å². The first kappa shape index (κ1) is 11.0. The summed E-state index contributed by atoms with van der Waals surface area (Å²) in [6.07, 6.45) is 8.50. The molecule has 1 nitrogen and oxygen atoms in total. The molecule has 4 rings (SSSR count). The third-order valence-electron chi connectivity index (χ3n) is 5.79. The highest BCUT2D eigenvalue weighted by Gasteiger charge is 2.55. The molecule has 3 atom stereocenters. The molecule has 0 radical (unpaired) electrons. The molecule has 1 aromatic rings. The number of benzene rings is 1. The van der Waals surface area contributed by atoms with Gasteiger partial charge in [0.25, 0.3) is 0 Å². The number of fused-ring (bicyclic) bond motifs is 1. The van der Waals surface area contributed by atoms with Gasteiger partial charge in [0, 0.05) is 6.04 Å². The molecule has 1 heteroatoms. The minimum absolute atomic E-state index is 0.302. The van der Waals surface area contributed by atoms with Crippen molar-refractivity contribution in [3.63, 3.8) is 0 Å². The lowest BCUT2D eigenvalue weighted by Crippen LogP contribution is -2.16. The van der Waals surface area contributed by atoms with Crippen molar-refractivity contribution in [2.45, 2.75) is 50.5 Å². The molecule has 0 amide bonds. The molecule has 0 aliphatic heterocycles. The zero-order valence-electron chi connectivity index (χ0n) is 11.0. The molecule has 0 bridgehead atoms. The number of nitrogens with two attached hydrogens (primary N) is 1. The first-order valence-corrected chi connectivity index (χ1v) is 7.70. The highest BCUT2D eigenvalue weighted by atomic mass is 14.7. The molecular formula is C17H23N. The summed E-state index contributed by atoms with van der Waals surface area (Å²) in [5, 5.41) is 0. The van der Waals surface area contributed by atoms with E-state index in [1.54, 1.807) is 0 Å². The lowest BCUT2D eigenvalue weighted by Gasteiger charge is -2.26. The Morgan fingerprint density at radius 3 is 2.06 bits per heavy atom. The molecule has 3 aliphatic rings. The van der Waals surface area contributed by atoms with E-state index >= 15 is 0 Å². The molecule has 0 spiro atoms. The molecule has 0 saturated heterocycles. The number of rotatable bonds is 3. The Morgan fingerprint density at radius 2 is 1.50 bits per heavy atom. The van der Waals surface area contributed by atoms with Gasteiger partial charge in [0.15, 0.2) is 0 Å². The second kappa shape index (κ2) is 4.09. The molecule has 2 N–H and O–H groups in total. The molecule has 0 heterocycles. The van der Waals surface area contributed by atoms with Crippen LogP contribution < -0.4 is 5.73 Å². The van der Waals surface area contributed by atoms with Crippen LogP contribution >= 0.6 is 0 Å². The van der Waals surface area contributed by atoms with Crippen LogP contribution in [0.2, 0.25) is 0 Å². The summed E-state index contributed by atoms with van der Waals surface area (Å²) in [5.74, 6) is 3.57. The summed E-state index contributed by atoms with van der Waals surface area (Å²) in [4.78, 5) is 0. The topological polar surface area (TPSA) is 26.0 Å². The Bertz CT molecular complexity index is 421. The molecule has 3 saturated carbocycles. The van der Waals surface area contributed by atoms with Crippen LogP contribution in [-0.2, 0) is 0 Å². The number of hydrogen-bond acceptors (Lipinski definition) is 1. The summed E-state index contributed by atoms with van der Waals surface area (Å²) in [6, 6.07) is 9.56. The van der Waals surface area contributed by atoms with E-state index in [1.807, 2.05) is 0 Å². The first-order valence-electron chi connectivity index (χ1n) is 7.70. The van der Waals surface area contributed by atoms with Gasteiger partial charge in [-0.25, -0.2) is 0 Å². The zero-order chi connectivity index (χ0) is 12.1. The molecule has 18 heavy (non-hydrogen) atoms. The van der Waals surface area contributed by atoms with Crippen LogP contribution in [-0.4, -0.2) is 0 Å². The maximum atomic E-state index is 6.46. The van der Waals surface area contributed by atoms with E-state index in [-0.39, 0.29) is 0 Å². The largest absolute Gasteiger partial charge is 0.324 e. The van der Waals surface area contributed by atoms with Crippen LogP contribution in [0.5, 0.6) is 0 Å². The van der Waals surface area contributed by atoms with Gasteiger partial charge < -0.3 is 5.73 Å². The standard InChI is InChI=1S/C17H23N/c18-17(16-14-5-2-6-15(14)16)13-9-7-12(8-10-13)11-3-1-4-11/h7-11,14-17H,1-6,18H2. The van der Waals surface area contributed by atoms with Crippen molar-refractivity contribution in [3.05, 3.63) is 35.4 Å². The zero-order valence-corrected chi connectivity index (χ0v) is 11.0. The van der Waals surface area contributed by atoms with Crippen LogP contribution in [0.3, 0.4) is 0 Å². The molecule has 3 unspecified atom stereocenters. The fourth-order valence-electron chi connectivity index (χ4n) is 4.36. The number of hydrogen-bond donors (Lipinski definition) is 1. The Hall–Kier alpha value is -0.820. The van der Waals surface area contributed by atoms with Gasteiger partial charge in [-0.05, 0) is 60.5 Å². The Kier molecular flexibility index (Phi) is 2.51. The smallest absolute Gasteiger partial charge is 0.0329 e. The SMILES string of the molecule is NC(c1ccc(C2CCC2)cc1)C1C2CCCC21. The van der Waals surface area contributed by atoms with Gasteiger partial charge in [0.1, 0.15) is 0 Å². The average molecular weight is 241 g/mol. The third-order valence-corrected chi connectivity index (χ3v) is 5.79. The van der Waals surface area contributed by atoms with Crippen molar-refractivity contribution in [3.8, 4) is 0 Å². The first-order chi connectivity index (χ1) is 8.84. The Morgan fingerprint density at radius 1 is 0.889 bits per heavy atom.